The molecule has 0 aliphatic carbocycles. The van der Waals surface area contributed by atoms with E-state index in [9.17, 15) is 0 Å². The van der Waals surface area contributed by atoms with Crippen molar-refractivity contribution in [3.8, 4) is 5.75 Å². The minimum Gasteiger partial charge on any atom is -0.496 e. The Morgan fingerprint density at radius 3 is 2.20 bits per heavy atom. The number of methoxy groups -OCH3 is 1. The van der Waals surface area contributed by atoms with Gasteiger partial charge in [0.05, 0.1) is 7.11 Å². The zero-order valence-corrected chi connectivity index (χ0v) is 14.2. The molecule has 2 heteroatoms. The molecule has 114 valence electrons. The van der Waals surface area contributed by atoms with Gasteiger partial charge < -0.3 is 10.1 Å². The van der Waals surface area contributed by atoms with E-state index in [1.807, 2.05) is 0 Å². The van der Waals surface area contributed by atoms with Crippen LogP contribution in [0, 0.1) is 25.7 Å². The monoisotopic (exact) mass is 277 g/mol. The van der Waals surface area contributed by atoms with Crippen LogP contribution in [0.5, 0.6) is 5.75 Å². The standard InChI is InChI=1S/C18H31NO/c1-12(2)10-19-11-15(5)16(6)17-8-14(4)18(20-7)9-13(17)3/h8-9,12,15-16,19H,10-11H2,1-7H3. The number of hydrogen-bond donors (Lipinski definition) is 1. The predicted molar refractivity (Wildman–Crippen MR) is 87.8 cm³/mol. The van der Waals surface area contributed by atoms with E-state index >= 15 is 0 Å². The van der Waals surface area contributed by atoms with Gasteiger partial charge in [-0.2, -0.15) is 0 Å². The third-order valence-corrected chi connectivity index (χ3v) is 4.15. The molecular weight excluding hydrogens is 246 g/mol. The Bertz CT molecular complexity index is 426. The lowest BCUT2D eigenvalue weighted by Crippen LogP contribution is -2.27. The molecule has 1 rings (SSSR count). The maximum absolute atomic E-state index is 5.40. The van der Waals surface area contributed by atoms with Gasteiger partial charge in [-0.25, -0.2) is 0 Å². The zero-order valence-electron chi connectivity index (χ0n) is 14.2. The Labute approximate surface area is 124 Å². The van der Waals surface area contributed by atoms with Crippen molar-refractivity contribution in [3.05, 3.63) is 28.8 Å². The van der Waals surface area contributed by atoms with Crippen LogP contribution >= 0.6 is 0 Å². The second-order valence-corrected chi connectivity index (χ2v) is 6.50. The lowest BCUT2D eigenvalue weighted by molar-refractivity contribution is 0.408. The minimum atomic E-state index is 0.555. The molecule has 1 aromatic carbocycles. The lowest BCUT2D eigenvalue weighted by atomic mass is 9.85. The fourth-order valence-electron chi connectivity index (χ4n) is 2.61. The number of rotatable bonds is 7. The lowest BCUT2D eigenvalue weighted by Gasteiger charge is -2.24. The zero-order chi connectivity index (χ0) is 15.3. The van der Waals surface area contributed by atoms with E-state index in [0.717, 1.165) is 18.8 Å². The molecular formula is C18H31NO. The summed E-state index contributed by atoms with van der Waals surface area (Å²) in [6.45, 7) is 15.6. The average molecular weight is 277 g/mol. The van der Waals surface area contributed by atoms with E-state index in [0.29, 0.717) is 17.8 Å². The first-order valence-electron chi connectivity index (χ1n) is 7.72. The van der Waals surface area contributed by atoms with Crippen LogP contribution in [0.1, 0.15) is 50.3 Å². The largest absolute Gasteiger partial charge is 0.496 e. The molecule has 0 spiro atoms. The average Bonchev–Trinajstić information content (AvgIpc) is 2.39. The molecule has 2 nitrogen and oxygen atoms in total. The second-order valence-electron chi connectivity index (χ2n) is 6.50. The Kier molecular flexibility index (Phi) is 6.54. The van der Waals surface area contributed by atoms with Gasteiger partial charge >= 0.3 is 0 Å². The molecule has 0 heterocycles. The van der Waals surface area contributed by atoms with Crippen molar-refractivity contribution >= 4 is 0 Å². The molecule has 0 fully saturated rings. The number of nitrogens with one attached hydrogen (secondary N) is 1. The van der Waals surface area contributed by atoms with Gasteiger partial charge in [0, 0.05) is 0 Å². The van der Waals surface area contributed by atoms with Crippen molar-refractivity contribution in [1.29, 1.82) is 0 Å². The van der Waals surface area contributed by atoms with Gasteiger partial charge in [0.2, 0.25) is 0 Å². The molecule has 0 radical (unpaired) electrons. The molecule has 0 aliphatic heterocycles. The summed E-state index contributed by atoms with van der Waals surface area (Å²) < 4.78 is 5.40. The van der Waals surface area contributed by atoms with Gasteiger partial charge in [0.1, 0.15) is 5.75 Å². The highest BCUT2D eigenvalue weighted by molar-refractivity contribution is 5.43. The summed E-state index contributed by atoms with van der Waals surface area (Å²) in [6.07, 6.45) is 0. The SMILES string of the molecule is COc1cc(C)c(C(C)C(C)CNCC(C)C)cc1C. The van der Waals surface area contributed by atoms with E-state index in [1.165, 1.54) is 16.7 Å². The molecule has 2 unspecified atom stereocenters. The van der Waals surface area contributed by atoms with Gasteiger partial charge in [-0.3, -0.25) is 0 Å². The molecule has 0 amide bonds. The van der Waals surface area contributed by atoms with E-state index in [4.69, 9.17) is 4.74 Å². The van der Waals surface area contributed by atoms with E-state index < -0.39 is 0 Å². The highest BCUT2D eigenvalue weighted by Crippen LogP contribution is 2.31. The number of hydrogen-bond acceptors (Lipinski definition) is 2. The first-order valence-corrected chi connectivity index (χ1v) is 7.72. The highest BCUT2D eigenvalue weighted by Gasteiger charge is 2.17. The van der Waals surface area contributed by atoms with Crippen LogP contribution in [0.15, 0.2) is 12.1 Å². The maximum Gasteiger partial charge on any atom is 0.122 e. The van der Waals surface area contributed by atoms with Crippen LogP contribution in [0.3, 0.4) is 0 Å². The number of benzene rings is 1. The molecule has 0 saturated carbocycles. The molecule has 0 bridgehead atoms. The highest BCUT2D eigenvalue weighted by atomic mass is 16.5. The minimum absolute atomic E-state index is 0.555. The Balaban J connectivity index is 2.76. The molecule has 0 aromatic heterocycles. The smallest absolute Gasteiger partial charge is 0.122 e. The quantitative estimate of drug-likeness (QED) is 0.802. The fourth-order valence-corrected chi connectivity index (χ4v) is 2.61. The second kappa shape index (κ2) is 7.68. The molecule has 2 atom stereocenters. The van der Waals surface area contributed by atoms with Crippen LogP contribution in [-0.4, -0.2) is 20.2 Å². The Morgan fingerprint density at radius 2 is 1.65 bits per heavy atom. The van der Waals surface area contributed by atoms with E-state index in [2.05, 4.69) is 59.0 Å². The van der Waals surface area contributed by atoms with Crippen LogP contribution in [0.4, 0.5) is 0 Å². The topological polar surface area (TPSA) is 21.3 Å². The fraction of sp³-hybridized carbons (Fsp3) is 0.667. The van der Waals surface area contributed by atoms with Crippen LogP contribution in [0.25, 0.3) is 0 Å². The van der Waals surface area contributed by atoms with Gasteiger partial charge in [0.15, 0.2) is 0 Å². The van der Waals surface area contributed by atoms with E-state index in [1.54, 1.807) is 7.11 Å². The van der Waals surface area contributed by atoms with Crippen molar-refractivity contribution in [1.82, 2.24) is 5.32 Å². The van der Waals surface area contributed by atoms with Crippen LogP contribution in [0.2, 0.25) is 0 Å². The van der Waals surface area contributed by atoms with Crippen molar-refractivity contribution in [3.63, 3.8) is 0 Å². The molecule has 1 aromatic rings. The van der Waals surface area contributed by atoms with E-state index in [-0.39, 0.29) is 0 Å². The summed E-state index contributed by atoms with van der Waals surface area (Å²) >= 11 is 0. The van der Waals surface area contributed by atoms with Crippen LogP contribution in [-0.2, 0) is 0 Å². The Hall–Kier alpha value is -1.02. The van der Waals surface area contributed by atoms with Crippen molar-refractivity contribution in [2.45, 2.75) is 47.5 Å². The molecule has 1 N–H and O–H groups in total. The first-order chi connectivity index (χ1) is 9.36. The normalized spacial score (nSPS) is 14.4. The summed E-state index contributed by atoms with van der Waals surface area (Å²) in [4.78, 5) is 0. The summed E-state index contributed by atoms with van der Waals surface area (Å²) in [5, 5.41) is 3.57. The van der Waals surface area contributed by atoms with Crippen molar-refractivity contribution in [2.75, 3.05) is 20.2 Å². The summed E-state index contributed by atoms with van der Waals surface area (Å²) in [5.74, 6) is 2.88. The summed E-state index contributed by atoms with van der Waals surface area (Å²) in [5.41, 5.74) is 4.00. The third kappa shape index (κ3) is 4.52. The maximum atomic E-state index is 5.40. The van der Waals surface area contributed by atoms with Crippen molar-refractivity contribution < 1.29 is 4.74 Å². The van der Waals surface area contributed by atoms with Gasteiger partial charge in [0.25, 0.3) is 0 Å². The number of ether oxygens (including phenoxy) is 1. The van der Waals surface area contributed by atoms with Gasteiger partial charge in [-0.05, 0) is 67.4 Å². The van der Waals surface area contributed by atoms with Crippen LogP contribution < -0.4 is 10.1 Å². The first kappa shape index (κ1) is 17.0. The molecule has 0 aliphatic rings. The predicted octanol–water partition coefficient (Wildman–Crippen LogP) is 4.30. The molecule has 20 heavy (non-hydrogen) atoms. The Morgan fingerprint density at radius 1 is 1.00 bits per heavy atom. The molecule has 0 saturated heterocycles. The third-order valence-electron chi connectivity index (χ3n) is 4.15. The van der Waals surface area contributed by atoms with Gasteiger partial charge in [-0.15, -0.1) is 0 Å². The summed E-state index contributed by atoms with van der Waals surface area (Å²) in [7, 11) is 1.74. The number of aryl methyl sites for hydroxylation is 2. The summed E-state index contributed by atoms with van der Waals surface area (Å²) in [6, 6.07) is 4.45. The van der Waals surface area contributed by atoms with Crippen molar-refractivity contribution in [2.24, 2.45) is 11.8 Å². The van der Waals surface area contributed by atoms with Gasteiger partial charge in [-0.1, -0.05) is 33.8 Å².